The zero-order valence-electron chi connectivity index (χ0n) is 8.80. The van der Waals surface area contributed by atoms with Crippen LogP contribution in [0.15, 0.2) is 30.0 Å². The van der Waals surface area contributed by atoms with Crippen molar-refractivity contribution in [2.75, 3.05) is 11.9 Å². The Bertz CT molecular complexity index is 423. The number of anilines is 1. The van der Waals surface area contributed by atoms with Gasteiger partial charge in [0, 0.05) is 29.9 Å². The van der Waals surface area contributed by atoms with Gasteiger partial charge in [0.2, 0.25) is 0 Å². The Morgan fingerprint density at radius 2 is 2.07 bits per heavy atom. The summed E-state index contributed by atoms with van der Waals surface area (Å²) in [4.78, 5) is 0. The minimum atomic E-state index is 0.348. The smallest absolute Gasteiger partial charge is 0.0933 e. The Morgan fingerprint density at radius 3 is 3.00 bits per heavy atom. The first-order chi connectivity index (χ1) is 7.34. The first-order valence-electron chi connectivity index (χ1n) is 5.44. The zero-order valence-corrected chi connectivity index (χ0v) is 8.80. The second-order valence-corrected chi connectivity index (χ2v) is 4.09. The van der Waals surface area contributed by atoms with E-state index in [4.69, 9.17) is 0 Å². The molecule has 1 aromatic rings. The molecule has 0 spiro atoms. The van der Waals surface area contributed by atoms with Crippen molar-refractivity contribution in [2.45, 2.75) is 19.5 Å². The van der Waals surface area contributed by atoms with Gasteiger partial charge in [0.25, 0.3) is 0 Å². The molecule has 3 N–H and O–H groups in total. The van der Waals surface area contributed by atoms with Crippen LogP contribution >= 0.6 is 0 Å². The Balaban J connectivity index is 2.11. The maximum atomic E-state index is 3.48. The van der Waals surface area contributed by atoms with Gasteiger partial charge in [0.05, 0.1) is 11.9 Å². The van der Waals surface area contributed by atoms with Gasteiger partial charge < -0.3 is 16.0 Å². The Morgan fingerprint density at radius 1 is 1.20 bits per heavy atom. The highest BCUT2D eigenvalue weighted by Gasteiger charge is 2.23. The van der Waals surface area contributed by atoms with E-state index >= 15 is 0 Å². The van der Waals surface area contributed by atoms with Gasteiger partial charge in [-0.3, -0.25) is 0 Å². The van der Waals surface area contributed by atoms with Gasteiger partial charge >= 0.3 is 0 Å². The summed E-state index contributed by atoms with van der Waals surface area (Å²) >= 11 is 0. The fraction of sp³-hybridized carbons (Fsp3) is 0.333. The number of hydrogen-bond acceptors (Lipinski definition) is 3. The SMILES string of the molecule is CC1NC2=C(N1)c1ccccc1NCC2. The quantitative estimate of drug-likeness (QED) is 0.598. The van der Waals surface area contributed by atoms with E-state index in [9.17, 15) is 0 Å². The molecule has 0 saturated carbocycles. The molecule has 0 saturated heterocycles. The molecule has 2 aliphatic heterocycles. The Kier molecular flexibility index (Phi) is 1.84. The molecule has 15 heavy (non-hydrogen) atoms. The first kappa shape index (κ1) is 8.65. The van der Waals surface area contributed by atoms with Crippen LogP contribution in [0.5, 0.6) is 0 Å². The van der Waals surface area contributed by atoms with E-state index < -0.39 is 0 Å². The number of nitrogens with one attached hydrogen (secondary N) is 3. The van der Waals surface area contributed by atoms with Crippen molar-refractivity contribution in [3.63, 3.8) is 0 Å². The average Bonchev–Trinajstić information content (AvgIpc) is 2.52. The summed E-state index contributed by atoms with van der Waals surface area (Å²) in [5.74, 6) is 0. The van der Waals surface area contributed by atoms with E-state index in [1.54, 1.807) is 0 Å². The van der Waals surface area contributed by atoms with Crippen molar-refractivity contribution in [3.05, 3.63) is 35.5 Å². The van der Waals surface area contributed by atoms with Gasteiger partial charge in [0.1, 0.15) is 0 Å². The number of rotatable bonds is 0. The summed E-state index contributed by atoms with van der Waals surface area (Å²) in [7, 11) is 0. The Labute approximate surface area is 89.6 Å². The van der Waals surface area contributed by atoms with Gasteiger partial charge in [-0.2, -0.15) is 0 Å². The molecule has 0 aromatic heterocycles. The van der Waals surface area contributed by atoms with Crippen LogP contribution in [0, 0.1) is 0 Å². The number of para-hydroxylation sites is 1. The van der Waals surface area contributed by atoms with Crippen molar-refractivity contribution in [3.8, 4) is 0 Å². The topological polar surface area (TPSA) is 36.1 Å². The second kappa shape index (κ2) is 3.19. The molecule has 0 bridgehead atoms. The molecule has 3 nitrogen and oxygen atoms in total. The second-order valence-electron chi connectivity index (χ2n) is 4.09. The van der Waals surface area contributed by atoms with Crippen LogP contribution in [0.1, 0.15) is 18.9 Å². The predicted molar refractivity (Wildman–Crippen MR) is 62.2 cm³/mol. The van der Waals surface area contributed by atoms with Crippen molar-refractivity contribution >= 4 is 11.4 Å². The van der Waals surface area contributed by atoms with E-state index in [0.717, 1.165) is 13.0 Å². The van der Waals surface area contributed by atoms with E-state index in [1.165, 1.54) is 22.6 Å². The van der Waals surface area contributed by atoms with Gasteiger partial charge in [0.15, 0.2) is 0 Å². The molecule has 2 aliphatic rings. The van der Waals surface area contributed by atoms with Crippen molar-refractivity contribution < 1.29 is 0 Å². The van der Waals surface area contributed by atoms with Gasteiger partial charge in [-0.25, -0.2) is 0 Å². The standard InChI is InChI=1S/C12H15N3/c1-8-14-11-6-7-13-10-5-3-2-4-9(10)12(11)15-8/h2-5,8,13-15H,6-7H2,1H3. The molecule has 2 heterocycles. The first-order valence-corrected chi connectivity index (χ1v) is 5.44. The largest absolute Gasteiger partial charge is 0.384 e. The highest BCUT2D eigenvalue weighted by molar-refractivity contribution is 5.79. The van der Waals surface area contributed by atoms with Crippen LogP contribution in [0.4, 0.5) is 5.69 Å². The molecule has 0 fully saturated rings. The number of fused-ring (bicyclic) bond motifs is 2. The summed E-state index contributed by atoms with van der Waals surface area (Å²) in [6, 6.07) is 8.45. The molecule has 78 valence electrons. The Hall–Kier alpha value is -1.64. The third kappa shape index (κ3) is 1.35. The average molecular weight is 201 g/mol. The summed E-state index contributed by atoms with van der Waals surface area (Å²) in [5, 5.41) is 10.4. The maximum Gasteiger partial charge on any atom is 0.0933 e. The predicted octanol–water partition coefficient (Wildman–Crippen LogP) is 1.71. The summed E-state index contributed by atoms with van der Waals surface area (Å²) in [6.45, 7) is 3.14. The van der Waals surface area contributed by atoms with E-state index in [2.05, 4.69) is 47.1 Å². The van der Waals surface area contributed by atoms with Gasteiger partial charge in [-0.15, -0.1) is 0 Å². The highest BCUT2D eigenvalue weighted by atomic mass is 15.2. The minimum absolute atomic E-state index is 0.348. The third-order valence-electron chi connectivity index (χ3n) is 2.94. The maximum absolute atomic E-state index is 3.48. The molecule has 3 rings (SSSR count). The monoisotopic (exact) mass is 201 g/mol. The van der Waals surface area contributed by atoms with Crippen LogP contribution in [0.2, 0.25) is 0 Å². The molecule has 0 amide bonds. The lowest BCUT2D eigenvalue weighted by Gasteiger charge is -2.12. The van der Waals surface area contributed by atoms with Crippen molar-refractivity contribution in [1.82, 2.24) is 10.6 Å². The molecule has 0 radical (unpaired) electrons. The van der Waals surface area contributed by atoms with Gasteiger partial charge in [-0.05, 0) is 13.0 Å². The number of benzene rings is 1. The normalized spacial score (nSPS) is 23.1. The fourth-order valence-electron chi connectivity index (χ4n) is 2.29. The highest BCUT2D eigenvalue weighted by Crippen LogP contribution is 2.30. The van der Waals surface area contributed by atoms with Crippen LogP contribution < -0.4 is 16.0 Å². The fourth-order valence-corrected chi connectivity index (χ4v) is 2.29. The molecule has 1 unspecified atom stereocenters. The molecule has 0 aliphatic carbocycles. The van der Waals surface area contributed by atoms with E-state index in [0.29, 0.717) is 6.17 Å². The molecule has 1 atom stereocenters. The van der Waals surface area contributed by atoms with Gasteiger partial charge in [-0.1, -0.05) is 18.2 Å². The van der Waals surface area contributed by atoms with Crippen LogP contribution in [-0.4, -0.2) is 12.7 Å². The molecule has 3 heteroatoms. The molecular formula is C12H15N3. The lowest BCUT2D eigenvalue weighted by molar-refractivity contribution is 0.606. The summed E-state index contributed by atoms with van der Waals surface area (Å²) in [6.07, 6.45) is 1.41. The van der Waals surface area contributed by atoms with Crippen molar-refractivity contribution in [1.29, 1.82) is 0 Å². The minimum Gasteiger partial charge on any atom is -0.384 e. The van der Waals surface area contributed by atoms with E-state index in [-0.39, 0.29) is 0 Å². The summed E-state index contributed by atoms with van der Waals surface area (Å²) < 4.78 is 0. The zero-order chi connectivity index (χ0) is 10.3. The lowest BCUT2D eigenvalue weighted by Crippen LogP contribution is -2.29. The number of hydrogen-bond donors (Lipinski definition) is 3. The third-order valence-corrected chi connectivity index (χ3v) is 2.94. The lowest BCUT2D eigenvalue weighted by atomic mass is 10.1. The van der Waals surface area contributed by atoms with E-state index in [1.807, 2.05) is 0 Å². The van der Waals surface area contributed by atoms with Crippen LogP contribution in [-0.2, 0) is 0 Å². The summed E-state index contributed by atoms with van der Waals surface area (Å²) in [5.41, 5.74) is 5.11. The van der Waals surface area contributed by atoms with Crippen molar-refractivity contribution in [2.24, 2.45) is 0 Å². The molecular weight excluding hydrogens is 186 g/mol. The van der Waals surface area contributed by atoms with Crippen LogP contribution in [0.25, 0.3) is 5.70 Å². The van der Waals surface area contributed by atoms with Crippen LogP contribution in [0.3, 0.4) is 0 Å². The molecule has 1 aromatic carbocycles.